The van der Waals surface area contributed by atoms with E-state index < -0.39 is 0 Å². The molecule has 28 heavy (non-hydrogen) atoms. The quantitative estimate of drug-likeness (QED) is 0.798. The highest BCUT2D eigenvalue weighted by atomic mass is 32.1. The molecule has 5 rings (SSSR count). The van der Waals surface area contributed by atoms with Gasteiger partial charge in [0.1, 0.15) is 0 Å². The fourth-order valence-electron chi connectivity index (χ4n) is 4.69. The van der Waals surface area contributed by atoms with E-state index >= 15 is 0 Å². The van der Waals surface area contributed by atoms with Crippen molar-refractivity contribution in [2.24, 2.45) is 11.8 Å². The molecule has 1 aliphatic heterocycles. The number of carbonyl (C=O) groups is 1. The number of pyridine rings is 1. The first-order chi connectivity index (χ1) is 13.6. The van der Waals surface area contributed by atoms with Crippen molar-refractivity contribution >= 4 is 34.6 Å². The third kappa shape index (κ3) is 3.13. The van der Waals surface area contributed by atoms with E-state index in [2.05, 4.69) is 44.2 Å². The molecule has 0 N–H and O–H groups in total. The monoisotopic (exact) mass is 394 g/mol. The summed E-state index contributed by atoms with van der Waals surface area (Å²) in [6, 6.07) is 2.12. The summed E-state index contributed by atoms with van der Waals surface area (Å²) in [5.74, 6) is 1.37. The van der Waals surface area contributed by atoms with E-state index in [-0.39, 0.29) is 5.92 Å². The molecule has 2 aliphatic carbocycles. The lowest BCUT2D eigenvalue weighted by molar-refractivity contribution is -0.140. The molecule has 1 amide bonds. The van der Waals surface area contributed by atoms with Gasteiger partial charge in [-0.25, -0.2) is 4.98 Å². The van der Waals surface area contributed by atoms with Crippen LogP contribution >= 0.6 is 11.3 Å². The van der Waals surface area contributed by atoms with Crippen molar-refractivity contribution < 1.29 is 4.79 Å². The number of allylic oxidation sites excluding steroid dienone is 1. The van der Waals surface area contributed by atoms with Crippen LogP contribution in [-0.4, -0.2) is 47.0 Å². The molecule has 0 bridgehead atoms. The first-order valence-corrected chi connectivity index (χ1v) is 11.1. The van der Waals surface area contributed by atoms with E-state index in [9.17, 15) is 4.79 Å². The van der Waals surface area contributed by atoms with Crippen molar-refractivity contribution in [3.63, 3.8) is 0 Å². The normalized spacial score (nSPS) is 24.0. The van der Waals surface area contributed by atoms with E-state index in [0.717, 1.165) is 67.8 Å². The standard InChI is InChI=1S/C22H26N4OS/c1-14-9-17(10-14)22(27)26-7-5-25(6-8-26)21-3-4-23-19-12-16(11-18(19)21)20-13-28-15(2)24-20/h3-4,11,13-14,17H,5-10,12H2,1-2H3. The molecular formula is C22H26N4OS. The molecule has 0 spiro atoms. The van der Waals surface area contributed by atoms with Crippen LogP contribution in [0.1, 0.15) is 41.7 Å². The second-order valence-electron chi connectivity index (χ2n) is 8.37. The molecule has 0 unspecified atom stereocenters. The van der Waals surface area contributed by atoms with Crippen molar-refractivity contribution in [2.75, 3.05) is 31.1 Å². The van der Waals surface area contributed by atoms with Crippen molar-refractivity contribution in [3.8, 4) is 0 Å². The van der Waals surface area contributed by atoms with Crippen LogP contribution in [0.15, 0.2) is 17.6 Å². The topological polar surface area (TPSA) is 49.3 Å². The Bertz CT molecular complexity index is 936. The van der Waals surface area contributed by atoms with Crippen molar-refractivity contribution in [1.29, 1.82) is 0 Å². The van der Waals surface area contributed by atoms with Gasteiger partial charge in [-0.15, -0.1) is 11.3 Å². The fraction of sp³-hybridized carbons (Fsp3) is 0.500. The lowest BCUT2D eigenvalue weighted by Gasteiger charge is -2.41. The number of rotatable bonds is 3. The summed E-state index contributed by atoms with van der Waals surface area (Å²) in [6.07, 6.45) is 7.18. The van der Waals surface area contributed by atoms with Crippen molar-refractivity contribution in [3.05, 3.63) is 39.6 Å². The Morgan fingerprint density at radius 2 is 2.00 bits per heavy atom. The summed E-state index contributed by atoms with van der Waals surface area (Å²) in [7, 11) is 0. The van der Waals surface area contributed by atoms with Crippen LogP contribution in [0.2, 0.25) is 0 Å². The molecule has 146 valence electrons. The minimum absolute atomic E-state index is 0.277. The lowest BCUT2D eigenvalue weighted by Crippen LogP contribution is -2.52. The molecule has 6 heteroatoms. The molecular weight excluding hydrogens is 368 g/mol. The molecule has 3 heterocycles. The van der Waals surface area contributed by atoms with Gasteiger partial charge in [0, 0.05) is 61.3 Å². The van der Waals surface area contributed by atoms with Crippen LogP contribution in [0.5, 0.6) is 0 Å². The number of thiazole rings is 1. The Morgan fingerprint density at radius 3 is 2.68 bits per heavy atom. The van der Waals surface area contributed by atoms with Gasteiger partial charge < -0.3 is 9.80 Å². The van der Waals surface area contributed by atoms with Gasteiger partial charge >= 0.3 is 0 Å². The number of amides is 1. The molecule has 0 atom stereocenters. The summed E-state index contributed by atoms with van der Waals surface area (Å²) in [5.41, 5.74) is 5.95. The van der Waals surface area contributed by atoms with Crippen LogP contribution in [0.4, 0.5) is 5.69 Å². The van der Waals surface area contributed by atoms with Crippen LogP contribution in [-0.2, 0) is 11.2 Å². The van der Waals surface area contributed by atoms with Gasteiger partial charge in [-0.3, -0.25) is 9.78 Å². The highest BCUT2D eigenvalue weighted by Crippen LogP contribution is 2.37. The molecule has 2 aromatic rings. The van der Waals surface area contributed by atoms with Gasteiger partial charge in [0.05, 0.1) is 16.4 Å². The number of aromatic nitrogens is 2. The van der Waals surface area contributed by atoms with Crippen molar-refractivity contribution in [2.45, 2.75) is 33.1 Å². The molecule has 5 nitrogen and oxygen atoms in total. The third-order valence-electron chi connectivity index (χ3n) is 6.33. The summed E-state index contributed by atoms with van der Waals surface area (Å²) in [4.78, 5) is 26.4. The average Bonchev–Trinajstić information content (AvgIpc) is 3.31. The molecule has 2 aromatic heterocycles. The number of fused-ring (bicyclic) bond motifs is 1. The number of hydrogen-bond donors (Lipinski definition) is 0. The smallest absolute Gasteiger partial charge is 0.225 e. The first-order valence-electron chi connectivity index (χ1n) is 10.2. The number of aryl methyl sites for hydroxylation is 1. The summed E-state index contributed by atoms with van der Waals surface area (Å²) in [5, 5.41) is 3.24. The van der Waals surface area contributed by atoms with Gasteiger partial charge in [-0.05, 0) is 43.4 Å². The second-order valence-corrected chi connectivity index (χ2v) is 9.44. The summed E-state index contributed by atoms with van der Waals surface area (Å²) in [6.45, 7) is 7.71. The number of anilines is 1. The Kier molecular flexibility index (Phi) is 4.46. The Labute approximate surface area is 170 Å². The molecule has 0 aromatic carbocycles. The fourth-order valence-corrected chi connectivity index (χ4v) is 5.33. The van der Waals surface area contributed by atoms with Gasteiger partial charge in [0.15, 0.2) is 0 Å². The first kappa shape index (κ1) is 17.9. The Hall–Kier alpha value is -2.21. The van der Waals surface area contributed by atoms with Gasteiger partial charge in [-0.1, -0.05) is 6.92 Å². The van der Waals surface area contributed by atoms with Gasteiger partial charge in [0.2, 0.25) is 5.91 Å². The largest absolute Gasteiger partial charge is 0.367 e. The number of carbonyl (C=O) groups excluding carboxylic acids is 1. The van der Waals surface area contributed by atoms with Gasteiger partial charge in [0.25, 0.3) is 0 Å². The number of hydrogen-bond acceptors (Lipinski definition) is 5. The van der Waals surface area contributed by atoms with Gasteiger partial charge in [-0.2, -0.15) is 0 Å². The Balaban J connectivity index is 1.30. The highest BCUT2D eigenvalue weighted by Gasteiger charge is 2.35. The van der Waals surface area contributed by atoms with Crippen molar-refractivity contribution in [1.82, 2.24) is 14.9 Å². The molecule has 3 aliphatic rings. The minimum atomic E-state index is 0.277. The van der Waals surface area contributed by atoms with E-state index in [1.165, 1.54) is 16.8 Å². The molecule has 0 radical (unpaired) electrons. The van der Waals surface area contributed by atoms with E-state index in [4.69, 9.17) is 0 Å². The van der Waals surface area contributed by atoms with Crippen LogP contribution in [0.25, 0.3) is 11.6 Å². The number of piperazine rings is 1. The molecule has 1 saturated carbocycles. The van der Waals surface area contributed by atoms with Crippen LogP contribution in [0, 0.1) is 18.8 Å². The summed E-state index contributed by atoms with van der Waals surface area (Å²) < 4.78 is 0. The maximum Gasteiger partial charge on any atom is 0.225 e. The predicted molar refractivity (Wildman–Crippen MR) is 113 cm³/mol. The van der Waals surface area contributed by atoms with E-state index in [0.29, 0.717) is 5.91 Å². The molecule has 1 saturated heterocycles. The lowest BCUT2D eigenvalue weighted by atomic mass is 9.75. The Morgan fingerprint density at radius 1 is 1.21 bits per heavy atom. The molecule has 2 fully saturated rings. The van der Waals surface area contributed by atoms with E-state index in [1.54, 1.807) is 11.3 Å². The van der Waals surface area contributed by atoms with Crippen LogP contribution in [0.3, 0.4) is 0 Å². The van der Waals surface area contributed by atoms with E-state index in [1.807, 2.05) is 13.1 Å². The zero-order valence-corrected chi connectivity index (χ0v) is 17.3. The maximum absolute atomic E-state index is 12.6. The number of nitrogens with zero attached hydrogens (tertiary/aromatic N) is 4. The second kappa shape index (κ2) is 6.99. The average molecular weight is 395 g/mol. The minimum Gasteiger partial charge on any atom is -0.367 e. The zero-order valence-electron chi connectivity index (χ0n) is 16.5. The maximum atomic E-state index is 12.6. The SMILES string of the molecule is Cc1nc(C2=Cc3c(N4CCN(C(=O)C5CC(C)C5)CC4)ccnc3C2)cs1. The highest BCUT2D eigenvalue weighted by molar-refractivity contribution is 7.09. The summed E-state index contributed by atoms with van der Waals surface area (Å²) >= 11 is 1.69. The zero-order chi connectivity index (χ0) is 19.3. The third-order valence-corrected chi connectivity index (χ3v) is 7.10. The van der Waals surface area contributed by atoms with Crippen LogP contribution < -0.4 is 4.90 Å². The predicted octanol–water partition coefficient (Wildman–Crippen LogP) is 3.64.